The third-order valence-corrected chi connectivity index (χ3v) is 4.01. The molecule has 0 bridgehead atoms. The predicted octanol–water partition coefficient (Wildman–Crippen LogP) is 4.03. The van der Waals surface area contributed by atoms with Gasteiger partial charge in [-0.05, 0) is 36.2 Å². The van der Waals surface area contributed by atoms with Gasteiger partial charge in [-0.15, -0.1) is 0 Å². The summed E-state index contributed by atoms with van der Waals surface area (Å²) in [5, 5.41) is 9.42. The van der Waals surface area contributed by atoms with Crippen LogP contribution in [0, 0.1) is 6.92 Å². The van der Waals surface area contributed by atoms with Gasteiger partial charge in [-0.1, -0.05) is 37.6 Å². The van der Waals surface area contributed by atoms with Crippen molar-refractivity contribution in [1.29, 1.82) is 0 Å². The molecule has 0 saturated heterocycles. The molecule has 3 heteroatoms. The van der Waals surface area contributed by atoms with Gasteiger partial charge in [0, 0.05) is 11.0 Å². The topological polar surface area (TPSA) is 46.5 Å². The zero-order valence-electron chi connectivity index (χ0n) is 12.4. The second-order valence-corrected chi connectivity index (χ2v) is 6.24. The Morgan fingerprint density at radius 3 is 2.67 bits per heavy atom. The highest BCUT2D eigenvalue weighted by molar-refractivity contribution is 5.96. The minimum atomic E-state index is -0.898. The number of hydrogen-bond acceptors (Lipinski definition) is 2. The van der Waals surface area contributed by atoms with E-state index in [2.05, 4.69) is 19.9 Å². The van der Waals surface area contributed by atoms with E-state index in [1.807, 2.05) is 31.2 Å². The maximum absolute atomic E-state index is 11.5. The molecule has 21 heavy (non-hydrogen) atoms. The molecule has 0 unspecified atom stereocenters. The summed E-state index contributed by atoms with van der Waals surface area (Å²) in [7, 11) is 0. The van der Waals surface area contributed by atoms with Crippen LogP contribution >= 0.6 is 0 Å². The van der Waals surface area contributed by atoms with Crippen LogP contribution in [0.25, 0.3) is 11.1 Å². The van der Waals surface area contributed by atoms with Crippen molar-refractivity contribution in [2.24, 2.45) is 0 Å². The van der Waals surface area contributed by atoms with Gasteiger partial charge in [0.1, 0.15) is 5.75 Å². The summed E-state index contributed by atoms with van der Waals surface area (Å²) < 4.78 is 5.69. The highest BCUT2D eigenvalue weighted by Crippen LogP contribution is 2.41. The number of carbonyl (C=O) groups is 1. The molecule has 0 fully saturated rings. The summed E-state index contributed by atoms with van der Waals surface area (Å²) in [6, 6.07) is 11.5. The summed E-state index contributed by atoms with van der Waals surface area (Å²) in [6.07, 6.45) is 0. The normalized spacial score (nSPS) is 15.4. The first-order valence-corrected chi connectivity index (χ1v) is 7.00. The highest BCUT2D eigenvalue weighted by Gasteiger charge is 2.32. The molecule has 1 N–H and O–H groups in total. The van der Waals surface area contributed by atoms with E-state index in [0.717, 1.165) is 28.0 Å². The smallest absolute Gasteiger partial charge is 0.336 e. The van der Waals surface area contributed by atoms with Crippen molar-refractivity contribution in [3.05, 3.63) is 53.1 Å². The second kappa shape index (κ2) is 4.62. The third-order valence-electron chi connectivity index (χ3n) is 4.01. The lowest BCUT2D eigenvalue weighted by Crippen LogP contribution is -2.18. The number of ether oxygens (including phenoxy) is 1. The first-order valence-electron chi connectivity index (χ1n) is 7.00. The van der Waals surface area contributed by atoms with Crippen LogP contribution in [0.15, 0.2) is 36.4 Å². The van der Waals surface area contributed by atoms with Gasteiger partial charge in [0.15, 0.2) is 0 Å². The van der Waals surface area contributed by atoms with Gasteiger partial charge in [-0.3, -0.25) is 0 Å². The van der Waals surface area contributed by atoms with E-state index >= 15 is 0 Å². The third kappa shape index (κ3) is 2.29. The van der Waals surface area contributed by atoms with Crippen LogP contribution in [-0.2, 0) is 5.41 Å². The van der Waals surface area contributed by atoms with E-state index in [0.29, 0.717) is 12.2 Å². The summed E-state index contributed by atoms with van der Waals surface area (Å²) in [4.78, 5) is 11.5. The van der Waals surface area contributed by atoms with Crippen LogP contribution in [0.5, 0.6) is 5.75 Å². The fourth-order valence-electron chi connectivity index (χ4n) is 2.77. The molecule has 108 valence electrons. The van der Waals surface area contributed by atoms with Crippen molar-refractivity contribution in [1.82, 2.24) is 0 Å². The molecule has 2 aromatic carbocycles. The molecule has 3 nitrogen and oxygen atoms in total. The molecule has 0 radical (unpaired) electrons. The first-order chi connectivity index (χ1) is 9.88. The van der Waals surface area contributed by atoms with E-state index < -0.39 is 5.97 Å². The second-order valence-electron chi connectivity index (χ2n) is 6.24. The molecular weight excluding hydrogens is 264 g/mol. The lowest BCUT2D eigenvalue weighted by Gasteiger charge is -2.16. The molecule has 3 rings (SSSR count). The van der Waals surface area contributed by atoms with Crippen molar-refractivity contribution in [3.63, 3.8) is 0 Å². The average Bonchev–Trinajstić information content (AvgIpc) is 2.74. The van der Waals surface area contributed by atoms with E-state index in [9.17, 15) is 9.90 Å². The van der Waals surface area contributed by atoms with Crippen LogP contribution in [-0.4, -0.2) is 17.7 Å². The molecule has 2 aromatic rings. The lowest BCUT2D eigenvalue weighted by molar-refractivity contribution is 0.0697. The van der Waals surface area contributed by atoms with Crippen LogP contribution in [0.1, 0.15) is 35.3 Å². The van der Waals surface area contributed by atoms with Gasteiger partial charge in [-0.2, -0.15) is 0 Å². The molecule has 0 spiro atoms. The lowest BCUT2D eigenvalue weighted by atomic mass is 9.85. The predicted molar refractivity (Wildman–Crippen MR) is 82.1 cm³/mol. The Hall–Kier alpha value is -2.29. The molecule has 0 atom stereocenters. The molecule has 1 aliphatic heterocycles. The van der Waals surface area contributed by atoms with Crippen molar-refractivity contribution in [2.45, 2.75) is 26.2 Å². The van der Waals surface area contributed by atoms with Crippen molar-refractivity contribution < 1.29 is 14.6 Å². The van der Waals surface area contributed by atoms with Gasteiger partial charge < -0.3 is 9.84 Å². The van der Waals surface area contributed by atoms with Gasteiger partial charge in [0.2, 0.25) is 0 Å². The summed E-state index contributed by atoms with van der Waals surface area (Å²) >= 11 is 0. The maximum Gasteiger partial charge on any atom is 0.336 e. The van der Waals surface area contributed by atoms with Crippen molar-refractivity contribution in [3.8, 4) is 16.9 Å². The molecule has 1 aliphatic rings. The van der Waals surface area contributed by atoms with E-state index in [-0.39, 0.29) is 5.41 Å². The Balaban J connectivity index is 2.17. The molecule has 0 aromatic heterocycles. The number of carboxylic acid groups (broad SMARTS) is 1. The number of carboxylic acids is 1. The standard InChI is InChI=1S/C18H18O3/c1-11-4-6-13(14(8-11)17(19)20)12-5-7-16-15(9-12)18(2,3)10-21-16/h4-9H,10H2,1-3H3,(H,19,20). The number of aryl methyl sites for hydroxylation is 1. The molecule has 0 saturated carbocycles. The zero-order chi connectivity index (χ0) is 15.2. The number of rotatable bonds is 2. The summed E-state index contributed by atoms with van der Waals surface area (Å²) in [5.74, 6) is -0.00237. The fourth-order valence-corrected chi connectivity index (χ4v) is 2.77. The van der Waals surface area contributed by atoms with E-state index in [1.165, 1.54) is 0 Å². The minimum absolute atomic E-state index is 0.0422. The number of fused-ring (bicyclic) bond motifs is 1. The summed E-state index contributed by atoms with van der Waals surface area (Å²) in [6.45, 7) is 6.83. The van der Waals surface area contributed by atoms with Gasteiger partial charge in [0.25, 0.3) is 0 Å². The maximum atomic E-state index is 11.5. The van der Waals surface area contributed by atoms with Gasteiger partial charge in [-0.25, -0.2) is 4.79 Å². The van der Waals surface area contributed by atoms with E-state index in [4.69, 9.17) is 4.74 Å². The summed E-state index contributed by atoms with van der Waals surface area (Å²) in [5.41, 5.74) is 4.05. The monoisotopic (exact) mass is 282 g/mol. The van der Waals surface area contributed by atoms with Crippen molar-refractivity contribution in [2.75, 3.05) is 6.61 Å². The Kier molecular flexibility index (Phi) is 3.01. The van der Waals surface area contributed by atoms with Gasteiger partial charge >= 0.3 is 5.97 Å². The molecule has 0 aliphatic carbocycles. The minimum Gasteiger partial charge on any atom is -0.492 e. The Morgan fingerprint density at radius 2 is 1.95 bits per heavy atom. The van der Waals surface area contributed by atoms with Crippen LogP contribution in [0.2, 0.25) is 0 Å². The quantitative estimate of drug-likeness (QED) is 0.904. The molecule has 0 amide bonds. The Morgan fingerprint density at radius 1 is 1.19 bits per heavy atom. The van der Waals surface area contributed by atoms with Gasteiger partial charge in [0.05, 0.1) is 12.2 Å². The van der Waals surface area contributed by atoms with Crippen LogP contribution in [0.4, 0.5) is 0 Å². The Labute approximate surface area is 124 Å². The Bertz CT molecular complexity index is 729. The fraction of sp³-hybridized carbons (Fsp3) is 0.278. The number of aromatic carboxylic acids is 1. The van der Waals surface area contributed by atoms with Crippen LogP contribution < -0.4 is 4.74 Å². The van der Waals surface area contributed by atoms with Crippen molar-refractivity contribution >= 4 is 5.97 Å². The largest absolute Gasteiger partial charge is 0.492 e. The molecular formula is C18H18O3. The average molecular weight is 282 g/mol. The zero-order valence-corrected chi connectivity index (χ0v) is 12.4. The number of benzene rings is 2. The number of hydrogen-bond donors (Lipinski definition) is 1. The first kappa shape index (κ1) is 13.7. The highest BCUT2D eigenvalue weighted by atomic mass is 16.5. The van der Waals surface area contributed by atoms with Crippen LogP contribution in [0.3, 0.4) is 0 Å². The molecule has 1 heterocycles. The van der Waals surface area contributed by atoms with E-state index in [1.54, 1.807) is 6.07 Å². The SMILES string of the molecule is Cc1ccc(-c2ccc3c(c2)C(C)(C)CO3)c(C(=O)O)c1.